The number of rotatable bonds is 2. The minimum absolute atomic E-state index is 0.241. The first-order valence-corrected chi connectivity index (χ1v) is 5.60. The SMILES string of the molecule is OC[C@H]1OC(O)[C@H](O)[C@@](O)(c2ccccc2)[C@@H]1O. The van der Waals surface area contributed by atoms with E-state index in [2.05, 4.69) is 0 Å². The Morgan fingerprint density at radius 3 is 2.22 bits per heavy atom. The zero-order valence-electron chi connectivity index (χ0n) is 9.55. The Morgan fingerprint density at radius 2 is 1.67 bits per heavy atom. The first-order valence-electron chi connectivity index (χ1n) is 5.60. The second-order valence-corrected chi connectivity index (χ2v) is 4.33. The zero-order valence-corrected chi connectivity index (χ0v) is 9.55. The molecule has 0 spiro atoms. The van der Waals surface area contributed by atoms with Crippen LogP contribution in [0.3, 0.4) is 0 Å². The molecule has 100 valence electrons. The van der Waals surface area contributed by atoms with Crippen molar-refractivity contribution in [1.29, 1.82) is 0 Å². The van der Waals surface area contributed by atoms with Crippen LogP contribution >= 0.6 is 0 Å². The van der Waals surface area contributed by atoms with Crippen molar-refractivity contribution in [3.05, 3.63) is 35.9 Å². The van der Waals surface area contributed by atoms with E-state index in [1.807, 2.05) is 0 Å². The lowest BCUT2D eigenvalue weighted by Gasteiger charge is -2.46. The van der Waals surface area contributed by atoms with E-state index < -0.39 is 36.8 Å². The number of hydrogen-bond donors (Lipinski definition) is 5. The minimum Gasteiger partial charge on any atom is -0.394 e. The lowest BCUT2D eigenvalue weighted by atomic mass is 9.78. The fourth-order valence-electron chi connectivity index (χ4n) is 2.19. The maximum absolute atomic E-state index is 10.5. The predicted molar refractivity (Wildman–Crippen MR) is 60.3 cm³/mol. The van der Waals surface area contributed by atoms with Gasteiger partial charge in [-0.15, -0.1) is 0 Å². The normalized spacial score (nSPS) is 40.7. The monoisotopic (exact) mass is 256 g/mol. The molecule has 1 heterocycles. The highest BCUT2D eigenvalue weighted by Gasteiger charge is 2.55. The first kappa shape index (κ1) is 13.4. The zero-order chi connectivity index (χ0) is 13.3. The topological polar surface area (TPSA) is 110 Å². The molecule has 2 rings (SSSR count). The average Bonchev–Trinajstić information content (AvgIpc) is 2.41. The number of aliphatic hydroxyl groups is 5. The summed E-state index contributed by atoms with van der Waals surface area (Å²) in [6.45, 7) is -0.583. The van der Waals surface area contributed by atoms with Crippen LogP contribution in [0.2, 0.25) is 0 Å². The molecule has 18 heavy (non-hydrogen) atoms. The van der Waals surface area contributed by atoms with Gasteiger partial charge in [-0.3, -0.25) is 0 Å². The van der Waals surface area contributed by atoms with Crippen molar-refractivity contribution in [3.8, 4) is 0 Å². The van der Waals surface area contributed by atoms with Gasteiger partial charge in [-0.2, -0.15) is 0 Å². The molecule has 1 aliphatic heterocycles. The quantitative estimate of drug-likeness (QED) is 0.431. The average molecular weight is 256 g/mol. The van der Waals surface area contributed by atoms with Crippen LogP contribution in [0.5, 0.6) is 0 Å². The second-order valence-electron chi connectivity index (χ2n) is 4.33. The van der Waals surface area contributed by atoms with Crippen molar-refractivity contribution in [2.45, 2.75) is 30.2 Å². The summed E-state index contributed by atoms with van der Waals surface area (Å²) >= 11 is 0. The molecular formula is C12H16O6. The van der Waals surface area contributed by atoms with Gasteiger partial charge in [0.1, 0.15) is 23.9 Å². The highest BCUT2D eigenvalue weighted by molar-refractivity contribution is 5.27. The van der Waals surface area contributed by atoms with Gasteiger partial charge in [-0.1, -0.05) is 30.3 Å². The van der Waals surface area contributed by atoms with Crippen LogP contribution < -0.4 is 0 Å². The van der Waals surface area contributed by atoms with E-state index in [4.69, 9.17) is 9.84 Å². The van der Waals surface area contributed by atoms with Gasteiger partial charge in [0.05, 0.1) is 6.61 Å². The number of benzene rings is 1. The van der Waals surface area contributed by atoms with Gasteiger partial charge in [0.15, 0.2) is 6.29 Å². The van der Waals surface area contributed by atoms with Crippen LogP contribution in [0.25, 0.3) is 0 Å². The molecule has 1 aliphatic rings. The lowest BCUT2D eigenvalue weighted by Crippen LogP contribution is -2.65. The lowest BCUT2D eigenvalue weighted by molar-refractivity contribution is -0.326. The smallest absolute Gasteiger partial charge is 0.184 e. The third-order valence-electron chi connectivity index (χ3n) is 3.25. The molecule has 0 saturated carbocycles. The highest BCUT2D eigenvalue weighted by atomic mass is 16.6. The Hall–Kier alpha value is -1.02. The predicted octanol–water partition coefficient (Wildman–Crippen LogP) is -1.69. The maximum atomic E-state index is 10.5. The Bertz CT molecular complexity index is 397. The van der Waals surface area contributed by atoms with E-state index in [0.29, 0.717) is 0 Å². The molecule has 1 aromatic carbocycles. The molecule has 6 nitrogen and oxygen atoms in total. The standard InChI is InChI=1S/C12H16O6/c13-6-8-9(14)12(17,10(15)11(16)18-8)7-4-2-1-3-5-7/h1-5,8-11,13-17H,6H2/t8-,9-,10+,11?,12-/m1/s1. The van der Waals surface area contributed by atoms with Gasteiger partial charge in [0.2, 0.25) is 0 Å². The molecule has 1 fully saturated rings. The Kier molecular flexibility index (Phi) is 3.67. The highest BCUT2D eigenvalue weighted by Crippen LogP contribution is 2.37. The second kappa shape index (κ2) is 4.93. The summed E-state index contributed by atoms with van der Waals surface area (Å²) in [4.78, 5) is 0. The van der Waals surface area contributed by atoms with E-state index in [1.165, 1.54) is 12.1 Å². The minimum atomic E-state index is -2.09. The molecule has 5 N–H and O–H groups in total. The summed E-state index contributed by atoms with van der Waals surface area (Å²) in [5, 5.41) is 49.0. The molecular weight excluding hydrogens is 240 g/mol. The molecule has 0 aliphatic carbocycles. The molecule has 0 radical (unpaired) electrons. The third kappa shape index (κ3) is 1.93. The molecule has 1 aromatic rings. The molecule has 1 unspecified atom stereocenters. The van der Waals surface area contributed by atoms with Crippen molar-refractivity contribution in [3.63, 3.8) is 0 Å². The van der Waals surface area contributed by atoms with Crippen LogP contribution in [0.15, 0.2) is 30.3 Å². The maximum Gasteiger partial charge on any atom is 0.184 e. The van der Waals surface area contributed by atoms with Gasteiger partial charge < -0.3 is 30.3 Å². The molecule has 0 amide bonds. The first-order chi connectivity index (χ1) is 8.51. The van der Waals surface area contributed by atoms with E-state index in [-0.39, 0.29) is 5.56 Å². The van der Waals surface area contributed by atoms with Crippen molar-refractivity contribution in [2.75, 3.05) is 6.61 Å². The van der Waals surface area contributed by atoms with Crippen LogP contribution in [0.1, 0.15) is 5.56 Å². The summed E-state index contributed by atoms with van der Waals surface area (Å²) < 4.78 is 4.82. The van der Waals surface area contributed by atoms with Crippen LogP contribution in [0, 0.1) is 0 Å². The van der Waals surface area contributed by atoms with E-state index in [9.17, 15) is 20.4 Å². The molecule has 0 bridgehead atoms. The van der Waals surface area contributed by atoms with Crippen LogP contribution in [-0.4, -0.2) is 56.7 Å². The summed E-state index contributed by atoms with van der Waals surface area (Å²) in [7, 11) is 0. The Labute approximate surface area is 104 Å². The van der Waals surface area contributed by atoms with Gasteiger partial charge in [-0.25, -0.2) is 0 Å². The van der Waals surface area contributed by atoms with Crippen LogP contribution in [-0.2, 0) is 10.3 Å². The van der Waals surface area contributed by atoms with E-state index >= 15 is 0 Å². The van der Waals surface area contributed by atoms with E-state index in [1.54, 1.807) is 18.2 Å². The number of hydrogen-bond acceptors (Lipinski definition) is 6. The van der Waals surface area contributed by atoms with Crippen molar-refractivity contribution < 1.29 is 30.3 Å². The van der Waals surface area contributed by atoms with Crippen LogP contribution in [0.4, 0.5) is 0 Å². The Morgan fingerprint density at radius 1 is 1.06 bits per heavy atom. The van der Waals surface area contributed by atoms with Crippen molar-refractivity contribution in [2.24, 2.45) is 0 Å². The fourth-order valence-corrected chi connectivity index (χ4v) is 2.19. The number of ether oxygens (including phenoxy) is 1. The Balaban J connectivity index is 2.43. The summed E-state index contributed by atoms with van der Waals surface area (Å²) in [6.07, 6.45) is -6.12. The van der Waals surface area contributed by atoms with Crippen molar-refractivity contribution >= 4 is 0 Å². The molecule has 6 heteroatoms. The van der Waals surface area contributed by atoms with Gasteiger partial charge in [-0.05, 0) is 5.56 Å². The molecule has 0 aromatic heterocycles. The van der Waals surface area contributed by atoms with E-state index in [0.717, 1.165) is 0 Å². The van der Waals surface area contributed by atoms with Crippen molar-refractivity contribution in [1.82, 2.24) is 0 Å². The summed E-state index contributed by atoms with van der Waals surface area (Å²) in [5.74, 6) is 0. The summed E-state index contributed by atoms with van der Waals surface area (Å²) in [6, 6.07) is 7.99. The summed E-state index contributed by atoms with van der Waals surface area (Å²) in [5.41, 5.74) is -1.85. The molecule has 1 saturated heterocycles. The van der Waals surface area contributed by atoms with Gasteiger partial charge >= 0.3 is 0 Å². The third-order valence-corrected chi connectivity index (χ3v) is 3.25. The number of aliphatic hydroxyl groups excluding tert-OH is 4. The van der Waals surface area contributed by atoms with Gasteiger partial charge in [0.25, 0.3) is 0 Å². The largest absolute Gasteiger partial charge is 0.394 e. The fraction of sp³-hybridized carbons (Fsp3) is 0.500. The molecule has 5 atom stereocenters. The van der Waals surface area contributed by atoms with Gasteiger partial charge in [0, 0.05) is 0 Å².